The van der Waals surface area contributed by atoms with Gasteiger partial charge in [-0.3, -0.25) is 9.69 Å². The molecule has 1 saturated carbocycles. The number of aromatic nitrogens is 5. The Balaban J connectivity index is 1.49. The smallest absolute Gasteiger partial charge is 0.252 e. The molecule has 2 heterocycles. The molecule has 5 rings (SSSR count). The Morgan fingerprint density at radius 3 is 2.59 bits per heavy atom. The molecule has 0 radical (unpaired) electrons. The van der Waals surface area contributed by atoms with Gasteiger partial charge in [-0.2, -0.15) is 0 Å². The van der Waals surface area contributed by atoms with Crippen molar-refractivity contribution in [1.82, 2.24) is 30.1 Å². The van der Waals surface area contributed by atoms with Gasteiger partial charge in [-0.05, 0) is 71.2 Å². The fourth-order valence-corrected chi connectivity index (χ4v) is 5.83. The fourth-order valence-electron chi connectivity index (χ4n) is 5.83. The standard InChI is InChI=1S/C30H38N6O/c1-21(2)28(29-32-33-34-36(29)17-16-23-10-6-4-7-11-23)35(26-12-8-5-9-13-26)20-25-19-24-15-14-22(3)18-27(24)31-30(25)37/h4,6-7,10-11,14-15,18-19,21,26,28H,5,8-9,12-13,16-17,20H2,1-3H3,(H,31,37). The van der Waals surface area contributed by atoms with Crippen molar-refractivity contribution in [3.63, 3.8) is 0 Å². The number of hydrogen-bond donors (Lipinski definition) is 1. The van der Waals surface area contributed by atoms with Crippen LogP contribution in [0.2, 0.25) is 0 Å². The summed E-state index contributed by atoms with van der Waals surface area (Å²) in [5, 5.41) is 14.1. The summed E-state index contributed by atoms with van der Waals surface area (Å²) in [6.07, 6.45) is 6.87. The van der Waals surface area contributed by atoms with Crippen LogP contribution in [0.3, 0.4) is 0 Å². The summed E-state index contributed by atoms with van der Waals surface area (Å²) < 4.78 is 1.97. The Morgan fingerprint density at radius 2 is 1.84 bits per heavy atom. The van der Waals surface area contributed by atoms with Gasteiger partial charge in [0, 0.05) is 30.2 Å². The number of aromatic amines is 1. The number of H-pyrrole nitrogens is 1. The maximum Gasteiger partial charge on any atom is 0.252 e. The molecule has 0 aliphatic heterocycles. The zero-order valence-corrected chi connectivity index (χ0v) is 22.2. The number of aryl methyl sites for hydroxylation is 3. The number of nitrogens with one attached hydrogen (secondary N) is 1. The first-order chi connectivity index (χ1) is 18.0. The summed E-state index contributed by atoms with van der Waals surface area (Å²) >= 11 is 0. The zero-order valence-electron chi connectivity index (χ0n) is 22.2. The lowest BCUT2D eigenvalue weighted by molar-refractivity contribution is 0.0608. The minimum Gasteiger partial charge on any atom is -0.322 e. The summed E-state index contributed by atoms with van der Waals surface area (Å²) in [7, 11) is 0. The first kappa shape index (κ1) is 25.3. The van der Waals surface area contributed by atoms with Crippen molar-refractivity contribution >= 4 is 10.9 Å². The van der Waals surface area contributed by atoms with Crippen LogP contribution in [0.15, 0.2) is 59.4 Å². The molecule has 1 aliphatic carbocycles. The second-order valence-electron chi connectivity index (χ2n) is 10.9. The molecular formula is C30H38N6O. The second-order valence-corrected chi connectivity index (χ2v) is 10.9. The lowest BCUT2D eigenvalue weighted by atomic mass is 9.90. The third-order valence-corrected chi connectivity index (χ3v) is 7.74. The third kappa shape index (κ3) is 5.82. The molecule has 37 heavy (non-hydrogen) atoms. The molecule has 1 aliphatic rings. The van der Waals surface area contributed by atoms with E-state index in [1.807, 2.05) is 23.7 Å². The van der Waals surface area contributed by atoms with Crippen LogP contribution in [0.25, 0.3) is 10.9 Å². The molecule has 7 heteroatoms. The van der Waals surface area contributed by atoms with E-state index in [0.717, 1.165) is 53.7 Å². The van der Waals surface area contributed by atoms with E-state index in [4.69, 9.17) is 0 Å². The maximum atomic E-state index is 13.2. The maximum absolute atomic E-state index is 13.2. The average Bonchev–Trinajstić information content (AvgIpc) is 3.36. The minimum absolute atomic E-state index is 0.00918. The molecule has 2 aromatic carbocycles. The van der Waals surface area contributed by atoms with Crippen LogP contribution in [0, 0.1) is 12.8 Å². The van der Waals surface area contributed by atoms with Gasteiger partial charge >= 0.3 is 0 Å². The monoisotopic (exact) mass is 498 g/mol. The topological polar surface area (TPSA) is 79.7 Å². The molecule has 0 saturated heterocycles. The molecule has 0 amide bonds. The summed E-state index contributed by atoms with van der Waals surface area (Å²) in [6, 6.07) is 19.2. The van der Waals surface area contributed by atoms with Crippen LogP contribution >= 0.6 is 0 Å². The predicted molar refractivity (Wildman–Crippen MR) is 147 cm³/mol. The van der Waals surface area contributed by atoms with Gasteiger partial charge in [-0.15, -0.1) is 5.10 Å². The van der Waals surface area contributed by atoms with Gasteiger partial charge in [0.15, 0.2) is 5.82 Å². The molecule has 7 nitrogen and oxygen atoms in total. The first-order valence-corrected chi connectivity index (χ1v) is 13.7. The molecule has 1 N–H and O–H groups in total. The molecule has 1 fully saturated rings. The molecule has 1 unspecified atom stereocenters. The average molecular weight is 499 g/mol. The summed E-state index contributed by atoms with van der Waals surface area (Å²) in [6.45, 7) is 7.84. The number of benzene rings is 2. The van der Waals surface area contributed by atoms with Gasteiger partial charge in [0.25, 0.3) is 5.56 Å². The SMILES string of the molecule is Cc1ccc2cc(CN(C3CCCCC3)C(c3nnnn3CCc3ccccc3)C(C)C)c(=O)[nH]c2c1. The number of rotatable bonds is 9. The Morgan fingerprint density at radius 1 is 1.05 bits per heavy atom. The van der Waals surface area contributed by atoms with Crippen LogP contribution in [0.4, 0.5) is 0 Å². The van der Waals surface area contributed by atoms with Crippen molar-refractivity contribution in [2.24, 2.45) is 5.92 Å². The van der Waals surface area contributed by atoms with E-state index < -0.39 is 0 Å². The van der Waals surface area contributed by atoms with E-state index in [-0.39, 0.29) is 17.5 Å². The number of hydrogen-bond acceptors (Lipinski definition) is 5. The number of pyridine rings is 1. The molecule has 4 aromatic rings. The van der Waals surface area contributed by atoms with E-state index >= 15 is 0 Å². The first-order valence-electron chi connectivity index (χ1n) is 13.7. The summed E-state index contributed by atoms with van der Waals surface area (Å²) in [4.78, 5) is 18.9. The van der Waals surface area contributed by atoms with Crippen molar-refractivity contribution in [3.8, 4) is 0 Å². The highest BCUT2D eigenvalue weighted by Crippen LogP contribution is 2.35. The lowest BCUT2D eigenvalue weighted by Crippen LogP contribution is -2.43. The van der Waals surface area contributed by atoms with E-state index in [1.165, 1.54) is 24.8 Å². The molecule has 2 aromatic heterocycles. The van der Waals surface area contributed by atoms with Crippen LogP contribution in [0.1, 0.15) is 74.5 Å². The van der Waals surface area contributed by atoms with Crippen LogP contribution < -0.4 is 5.56 Å². The molecule has 1 atom stereocenters. The number of fused-ring (bicyclic) bond motifs is 1. The van der Waals surface area contributed by atoms with Crippen LogP contribution in [0.5, 0.6) is 0 Å². The van der Waals surface area contributed by atoms with Crippen molar-refractivity contribution in [1.29, 1.82) is 0 Å². The van der Waals surface area contributed by atoms with Gasteiger partial charge in [-0.1, -0.05) is 75.6 Å². The quantitative estimate of drug-likeness (QED) is 0.325. The highest BCUT2D eigenvalue weighted by molar-refractivity contribution is 5.79. The van der Waals surface area contributed by atoms with E-state index in [1.54, 1.807) is 0 Å². The Labute approximate surface area is 218 Å². The Bertz CT molecular complexity index is 1370. The predicted octanol–water partition coefficient (Wildman–Crippen LogP) is 5.60. The van der Waals surface area contributed by atoms with Crippen molar-refractivity contribution < 1.29 is 0 Å². The molecule has 0 bridgehead atoms. The third-order valence-electron chi connectivity index (χ3n) is 7.74. The van der Waals surface area contributed by atoms with Gasteiger partial charge in [0.05, 0.1) is 6.04 Å². The molecular weight excluding hydrogens is 460 g/mol. The summed E-state index contributed by atoms with van der Waals surface area (Å²) in [5.74, 6) is 1.18. The Hall–Kier alpha value is -3.32. The zero-order chi connectivity index (χ0) is 25.8. The normalized spacial score (nSPS) is 15.6. The van der Waals surface area contributed by atoms with Crippen molar-refractivity contribution in [2.45, 2.75) is 84.5 Å². The van der Waals surface area contributed by atoms with E-state index in [9.17, 15) is 4.79 Å². The summed E-state index contributed by atoms with van der Waals surface area (Å²) in [5.41, 5.74) is 4.10. The van der Waals surface area contributed by atoms with Gasteiger partial charge in [0.2, 0.25) is 0 Å². The molecule has 0 spiro atoms. The highest BCUT2D eigenvalue weighted by atomic mass is 16.1. The minimum atomic E-state index is -0.00918. The second kappa shape index (κ2) is 11.4. The van der Waals surface area contributed by atoms with Crippen molar-refractivity contribution in [3.05, 3.63) is 87.5 Å². The van der Waals surface area contributed by atoms with Crippen LogP contribution in [-0.2, 0) is 19.5 Å². The van der Waals surface area contributed by atoms with Gasteiger partial charge < -0.3 is 4.98 Å². The van der Waals surface area contributed by atoms with Crippen molar-refractivity contribution in [2.75, 3.05) is 0 Å². The number of nitrogens with zero attached hydrogens (tertiary/aromatic N) is 5. The fraction of sp³-hybridized carbons (Fsp3) is 0.467. The van der Waals surface area contributed by atoms with E-state index in [0.29, 0.717) is 12.6 Å². The van der Waals surface area contributed by atoms with Crippen LogP contribution in [-0.4, -0.2) is 36.1 Å². The van der Waals surface area contributed by atoms with Gasteiger partial charge in [0.1, 0.15) is 0 Å². The Kier molecular flexibility index (Phi) is 7.79. The lowest BCUT2D eigenvalue weighted by Gasteiger charge is -2.41. The van der Waals surface area contributed by atoms with E-state index in [2.05, 4.69) is 81.7 Å². The molecule has 194 valence electrons. The largest absolute Gasteiger partial charge is 0.322 e. The number of tetrazole rings is 1. The highest BCUT2D eigenvalue weighted by Gasteiger charge is 2.34. The van der Waals surface area contributed by atoms with Gasteiger partial charge in [-0.25, -0.2) is 4.68 Å².